The van der Waals surface area contributed by atoms with Crippen LogP contribution in [0, 0.1) is 0 Å². The normalized spacial score (nSPS) is 27.9. The van der Waals surface area contributed by atoms with Crippen molar-refractivity contribution in [2.75, 3.05) is 13.2 Å². The number of rotatable bonds is 6. The van der Waals surface area contributed by atoms with Crippen LogP contribution in [0.2, 0.25) is 0 Å². The Morgan fingerprint density at radius 3 is 2.59 bits per heavy atom. The van der Waals surface area contributed by atoms with Crippen molar-refractivity contribution >= 4 is 11.0 Å². The average Bonchev–Trinajstić information content (AvgIpc) is 2.72. The summed E-state index contributed by atoms with van der Waals surface area (Å²) in [6.45, 7) is 1.08. The average molecular weight is 408 g/mol. The summed E-state index contributed by atoms with van der Waals surface area (Å²) in [6.07, 6.45) is -4.98. The number of allylic oxidation sites excluding steroid dienone is 1. The van der Waals surface area contributed by atoms with Gasteiger partial charge in [0.2, 0.25) is 6.29 Å². The minimum atomic E-state index is -1.58. The van der Waals surface area contributed by atoms with Gasteiger partial charge in [-0.1, -0.05) is 11.6 Å². The highest BCUT2D eigenvalue weighted by Gasteiger charge is 2.44. The van der Waals surface area contributed by atoms with E-state index >= 15 is 0 Å². The van der Waals surface area contributed by atoms with E-state index in [9.17, 15) is 30.3 Å². The van der Waals surface area contributed by atoms with Crippen LogP contribution in [0.5, 0.6) is 5.75 Å². The number of ether oxygens (including phenoxy) is 2. The van der Waals surface area contributed by atoms with Crippen LogP contribution in [-0.2, 0) is 11.2 Å². The summed E-state index contributed by atoms with van der Waals surface area (Å²) in [4.78, 5) is 11.5. The van der Waals surface area contributed by atoms with Crippen molar-refractivity contribution in [2.24, 2.45) is 0 Å². The Morgan fingerprint density at radius 1 is 1.14 bits per heavy atom. The van der Waals surface area contributed by atoms with Gasteiger partial charge < -0.3 is 39.4 Å². The highest BCUT2D eigenvalue weighted by atomic mass is 16.7. The second-order valence-corrected chi connectivity index (χ2v) is 6.98. The largest absolute Gasteiger partial charge is 0.462 e. The maximum Gasteiger partial charge on any atom is 0.336 e. The molecule has 9 nitrogen and oxygen atoms in total. The van der Waals surface area contributed by atoms with E-state index in [0.29, 0.717) is 17.4 Å². The van der Waals surface area contributed by atoms with Crippen LogP contribution in [0.1, 0.15) is 12.5 Å². The van der Waals surface area contributed by atoms with Gasteiger partial charge in [0.15, 0.2) is 0 Å². The summed E-state index contributed by atoms with van der Waals surface area (Å²) in [7, 11) is 0. The molecular weight excluding hydrogens is 384 g/mol. The van der Waals surface area contributed by atoms with Gasteiger partial charge in [0, 0.05) is 17.5 Å². The Kier molecular flexibility index (Phi) is 6.68. The molecule has 0 aliphatic carbocycles. The minimum Gasteiger partial charge on any atom is -0.462 e. The van der Waals surface area contributed by atoms with Gasteiger partial charge in [0.25, 0.3) is 0 Å². The van der Waals surface area contributed by atoms with Crippen molar-refractivity contribution < 1.29 is 39.4 Å². The first-order chi connectivity index (χ1) is 13.8. The monoisotopic (exact) mass is 408 g/mol. The van der Waals surface area contributed by atoms with Gasteiger partial charge in [-0.05, 0) is 31.0 Å². The third kappa shape index (κ3) is 4.67. The molecule has 9 heteroatoms. The molecule has 1 fully saturated rings. The van der Waals surface area contributed by atoms with Crippen molar-refractivity contribution in [3.05, 3.63) is 51.9 Å². The maximum atomic E-state index is 11.5. The van der Waals surface area contributed by atoms with Gasteiger partial charge >= 0.3 is 5.63 Å². The van der Waals surface area contributed by atoms with E-state index in [1.165, 1.54) is 12.1 Å². The standard InChI is InChI=1S/C20H24O9/c1-10(8-21)2-3-11-6-12-4-5-16(23)27-13(12)7-14(11)28-20-19(26)18(25)17(24)15(9-22)29-20/h2,4-7,15,17-22,24-26H,3,8-9H2,1H3/t15-,17-,18+,19-,20+/m1/s1. The highest BCUT2D eigenvalue weighted by molar-refractivity contribution is 5.79. The van der Waals surface area contributed by atoms with Gasteiger partial charge in [-0.15, -0.1) is 0 Å². The van der Waals surface area contributed by atoms with Crippen LogP contribution < -0.4 is 10.4 Å². The van der Waals surface area contributed by atoms with E-state index in [0.717, 1.165) is 5.57 Å². The first-order valence-electron chi connectivity index (χ1n) is 9.14. The van der Waals surface area contributed by atoms with Crippen molar-refractivity contribution in [2.45, 2.75) is 44.1 Å². The van der Waals surface area contributed by atoms with Crippen LogP contribution in [-0.4, -0.2) is 69.5 Å². The van der Waals surface area contributed by atoms with Gasteiger partial charge in [0.1, 0.15) is 35.7 Å². The quantitative estimate of drug-likeness (QED) is 0.313. The lowest BCUT2D eigenvalue weighted by Crippen LogP contribution is -2.60. The SMILES string of the molecule is CC(=CCc1cc2ccc(=O)oc2cc1O[C@H]1O[C@H](CO)[C@@H](O)[C@H](O)[C@H]1O)CO. The Balaban J connectivity index is 1.98. The molecule has 0 spiro atoms. The van der Waals surface area contributed by atoms with E-state index < -0.39 is 42.9 Å². The fourth-order valence-electron chi connectivity index (χ4n) is 3.05. The lowest BCUT2D eigenvalue weighted by molar-refractivity contribution is -0.277. The summed E-state index contributed by atoms with van der Waals surface area (Å²) >= 11 is 0. The minimum absolute atomic E-state index is 0.106. The second-order valence-electron chi connectivity index (χ2n) is 6.98. The molecule has 3 rings (SSSR count). The zero-order valence-electron chi connectivity index (χ0n) is 15.8. The molecule has 29 heavy (non-hydrogen) atoms. The molecule has 5 atom stereocenters. The molecular formula is C20H24O9. The molecule has 5 N–H and O–H groups in total. The predicted octanol–water partition coefficient (Wildman–Crippen LogP) is -0.547. The molecule has 1 aromatic carbocycles. The number of fused-ring (bicyclic) bond motifs is 1. The molecule has 158 valence electrons. The van der Waals surface area contributed by atoms with E-state index in [1.54, 1.807) is 25.1 Å². The van der Waals surface area contributed by atoms with Gasteiger partial charge in [-0.3, -0.25) is 0 Å². The summed E-state index contributed by atoms with van der Waals surface area (Å²) in [5.74, 6) is 0.221. The van der Waals surface area contributed by atoms with E-state index in [-0.39, 0.29) is 17.9 Å². The highest BCUT2D eigenvalue weighted by Crippen LogP contribution is 2.30. The van der Waals surface area contributed by atoms with Gasteiger partial charge in [0.05, 0.1) is 13.2 Å². The molecule has 0 unspecified atom stereocenters. The van der Waals surface area contributed by atoms with Gasteiger partial charge in [-0.25, -0.2) is 4.79 Å². The smallest absolute Gasteiger partial charge is 0.336 e. The molecule has 0 radical (unpaired) electrons. The number of aliphatic hydroxyl groups is 5. The van der Waals surface area contributed by atoms with Crippen LogP contribution in [0.25, 0.3) is 11.0 Å². The summed E-state index contributed by atoms with van der Waals surface area (Å²) in [5, 5.41) is 49.3. The molecule has 1 aromatic heterocycles. The van der Waals surface area contributed by atoms with Crippen LogP contribution in [0.15, 0.2) is 45.1 Å². The zero-order chi connectivity index (χ0) is 21.1. The Labute approximate surface area is 166 Å². The maximum absolute atomic E-state index is 11.5. The predicted molar refractivity (Wildman–Crippen MR) is 101 cm³/mol. The van der Waals surface area contributed by atoms with Crippen molar-refractivity contribution in [1.82, 2.24) is 0 Å². The van der Waals surface area contributed by atoms with E-state index in [2.05, 4.69) is 0 Å². The van der Waals surface area contributed by atoms with Gasteiger partial charge in [-0.2, -0.15) is 0 Å². The topological polar surface area (TPSA) is 150 Å². The molecule has 0 amide bonds. The fourth-order valence-corrected chi connectivity index (χ4v) is 3.05. The van der Waals surface area contributed by atoms with Crippen LogP contribution in [0.3, 0.4) is 0 Å². The Hall–Kier alpha value is -2.27. The lowest BCUT2D eigenvalue weighted by atomic mass is 9.99. The van der Waals surface area contributed by atoms with Crippen LogP contribution >= 0.6 is 0 Å². The number of aliphatic hydroxyl groups excluding tert-OH is 5. The molecule has 0 saturated carbocycles. The van der Waals surface area contributed by atoms with E-state index in [1.807, 2.05) is 0 Å². The molecule has 2 heterocycles. The summed E-state index contributed by atoms with van der Waals surface area (Å²) in [6, 6.07) is 6.10. The third-order valence-electron chi connectivity index (χ3n) is 4.81. The molecule has 2 aromatic rings. The fraction of sp³-hybridized carbons (Fsp3) is 0.450. The summed E-state index contributed by atoms with van der Waals surface area (Å²) in [5.41, 5.74) is 1.10. The first kappa shape index (κ1) is 21.4. The summed E-state index contributed by atoms with van der Waals surface area (Å²) < 4.78 is 16.3. The molecule has 0 bridgehead atoms. The second kappa shape index (κ2) is 9.04. The number of hydrogen-bond acceptors (Lipinski definition) is 9. The zero-order valence-corrected chi connectivity index (χ0v) is 15.8. The lowest BCUT2D eigenvalue weighted by Gasteiger charge is -2.39. The Bertz CT molecular complexity index is 933. The van der Waals surface area contributed by atoms with Crippen molar-refractivity contribution in [1.29, 1.82) is 0 Å². The van der Waals surface area contributed by atoms with Crippen molar-refractivity contribution in [3.63, 3.8) is 0 Å². The van der Waals surface area contributed by atoms with E-state index in [4.69, 9.17) is 13.9 Å². The molecule has 1 aliphatic rings. The number of benzene rings is 1. The van der Waals surface area contributed by atoms with Crippen LogP contribution in [0.4, 0.5) is 0 Å². The first-order valence-corrected chi connectivity index (χ1v) is 9.14. The molecule has 1 saturated heterocycles. The van der Waals surface area contributed by atoms with Crippen molar-refractivity contribution in [3.8, 4) is 5.75 Å². The number of hydrogen-bond donors (Lipinski definition) is 5. The third-order valence-corrected chi connectivity index (χ3v) is 4.81. The molecule has 1 aliphatic heterocycles. The Morgan fingerprint density at radius 2 is 1.90 bits per heavy atom.